The van der Waals surface area contributed by atoms with Gasteiger partial charge in [0, 0.05) is 49.8 Å². The van der Waals surface area contributed by atoms with Crippen LogP contribution < -0.4 is 25.2 Å². The molecule has 0 atom stereocenters. The highest BCUT2D eigenvalue weighted by Crippen LogP contribution is 2.36. The van der Waals surface area contributed by atoms with Crippen molar-refractivity contribution in [3.05, 3.63) is 53.7 Å². The molecule has 0 saturated carbocycles. The molecule has 3 N–H and O–H groups in total. The highest BCUT2D eigenvalue weighted by atomic mass is 35.5. The van der Waals surface area contributed by atoms with E-state index < -0.39 is 0 Å². The normalized spacial score (nSPS) is 15.0. The second kappa shape index (κ2) is 13.1. The highest BCUT2D eigenvalue weighted by Gasteiger charge is 2.25. The average Bonchev–Trinajstić information content (AvgIpc) is 2.94. The first-order valence-electron chi connectivity index (χ1n) is 12.7. The van der Waals surface area contributed by atoms with Crippen LogP contribution in [-0.4, -0.2) is 78.7 Å². The van der Waals surface area contributed by atoms with Crippen molar-refractivity contribution in [1.29, 1.82) is 0 Å². The molecule has 0 unspecified atom stereocenters. The minimum atomic E-state index is -0.250. The number of carbonyl (C=O) groups is 2. The summed E-state index contributed by atoms with van der Waals surface area (Å²) in [6.07, 6.45) is 2.41. The van der Waals surface area contributed by atoms with Crippen molar-refractivity contribution < 1.29 is 19.4 Å². The summed E-state index contributed by atoms with van der Waals surface area (Å²) in [6, 6.07) is 13.9. The highest BCUT2D eigenvalue weighted by molar-refractivity contribution is 6.32. The fraction of sp³-hybridized carbons (Fsp3) is 0.333. The Hall–Kier alpha value is -4.09. The molecular weight excluding hydrogens is 522 g/mol. The molecule has 3 heterocycles. The molecule has 3 aromatic rings. The zero-order valence-corrected chi connectivity index (χ0v) is 22.7. The fourth-order valence-corrected chi connectivity index (χ4v) is 4.49. The molecule has 1 amide bonds. The Bertz CT molecular complexity index is 1280. The maximum atomic E-state index is 12.3. The maximum absolute atomic E-state index is 12.3. The van der Waals surface area contributed by atoms with Crippen LogP contribution in [0.25, 0.3) is 0 Å². The van der Waals surface area contributed by atoms with Crippen LogP contribution in [0.15, 0.2) is 48.7 Å². The monoisotopic (exact) mass is 553 g/mol. The molecular formula is C27H32ClN7O4. The van der Waals surface area contributed by atoms with Gasteiger partial charge in [-0.3, -0.25) is 9.59 Å². The molecule has 11 nitrogen and oxygen atoms in total. The number of carboxylic acid groups (broad SMARTS) is 1. The van der Waals surface area contributed by atoms with Gasteiger partial charge in [-0.2, -0.15) is 4.98 Å². The zero-order valence-electron chi connectivity index (χ0n) is 21.9. The van der Waals surface area contributed by atoms with Crippen LogP contribution in [0.1, 0.15) is 13.3 Å². The Morgan fingerprint density at radius 3 is 2.46 bits per heavy atom. The summed E-state index contributed by atoms with van der Waals surface area (Å²) >= 11 is 6.40. The van der Waals surface area contributed by atoms with E-state index in [1.807, 2.05) is 37.3 Å². The van der Waals surface area contributed by atoms with Crippen LogP contribution in [-0.2, 0) is 9.59 Å². The number of fused-ring (bicyclic) bond motifs is 1. The van der Waals surface area contributed by atoms with Gasteiger partial charge in [0.25, 0.3) is 12.4 Å². The van der Waals surface area contributed by atoms with Crippen LogP contribution in [0, 0.1) is 0 Å². The summed E-state index contributed by atoms with van der Waals surface area (Å²) in [4.78, 5) is 36.1. The molecule has 39 heavy (non-hydrogen) atoms. The average molecular weight is 554 g/mol. The molecule has 2 aromatic carbocycles. The van der Waals surface area contributed by atoms with Crippen molar-refractivity contribution in [3.63, 3.8) is 0 Å². The molecule has 2 aliphatic rings. The number of nitrogens with zero attached hydrogens (tertiary/aromatic N) is 5. The predicted octanol–water partition coefficient (Wildman–Crippen LogP) is 4.21. The van der Waals surface area contributed by atoms with E-state index in [-0.39, 0.29) is 19.0 Å². The van der Waals surface area contributed by atoms with Crippen molar-refractivity contribution in [1.82, 2.24) is 14.9 Å². The number of ether oxygens (including phenoxy) is 1. The molecule has 1 aromatic heterocycles. The third-order valence-corrected chi connectivity index (χ3v) is 6.62. The number of hydrogen-bond acceptors (Lipinski definition) is 9. The number of hydrogen-bond donors (Lipinski definition) is 3. The summed E-state index contributed by atoms with van der Waals surface area (Å²) in [5.74, 6) is 1.53. The SMILES string of the molecule is CCCN1C(=O)COc2ccc(Nc3nc(Nc4ccc(N5CCN(C)CC5)cc4)ncc3Cl)cc21.O=CO. The number of benzene rings is 2. The predicted molar refractivity (Wildman–Crippen MR) is 153 cm³/mol. The molecule has 5 rings (SSSR count). The number of carbonyl (C=O) groups excluding carboxylic acids is 1. The summed E-state index contributed by atoms with van der Waals surface area (Å²) in [5, 5.41) is 13.8. The van der Waals surface area contributed by atoms with Crippen molar-refractivity contribution in [2.24, 2.45) is 0 Å². The van der Waals surface area contributed by atoms with Gasteiger partial charge in [-0.1, -0.05) is 18.5 Å². The summed E-state index contributed by atoms with van der Waals surface area (Å²) in [6.45, 7) is 6.67. The Morgan fingerprint density at radius 1 is 1.08 bits per heavy atom. The number of piperazine rings is 1. The maximum Gasteiger partial charge on any atom is 0.290 e. The van der Waals surface area contributed by atoms with E-state index in [0.29, 0.717) is 29.1 Å². The molecule has 0 radical (unpaired) electrons. The number of likely N-dealkylation sites (N-methyl/N-ethyl adjacent to an activating group) is 1. The molecule has 0 spiro atoms. The quantitative estimate of drug-likeness (QED) is 0.367. The number of rotatable bonds is 7. The van der Waals surface area contributed by atoms with E-state index in [1.54, 1.807) is 11.1 Å². The smallest absolute Gasteiger partial charge is 0.290 e. The topological polar surface area (TPSA) is 123 Å². The molecule has 1 saturated heterocycles. The summed E-state index contributed by atoms with van der Waals surface area (Å²) < 4.78 is 5.59. The number of aromatic nitrogens is 2. The lowest BCUT2D eigenvalue weighted by molar-refractivity contribution is -0.123. The van der Waals surface area contributed by atoms with Crippen LogP contribution >= 0.6 is 11.6 Å². The lowest BCUT2D eigenvalue weighted by atomic mass is 10.2. The van der Waals surface area contributed by atoms with Crippen LogP contribution in [0.2, 0.25) is 5.02 Å². The van der Waals surface area contributed by atoms with Gasteiger partial charge < -0.3 is 35.2 Å². The van der Waals surface area contributed by atoms with Gasteiger partial charge in [0.2, 0.25) is 5.95 Å². The molecule has 12 heteroatoms. The fourth-order valence-electron chi connectivity index (χ4n) is 4.35. The first-order chi connectivity index (χ1) is 18.9. The van der Waals surface area contributed by atoms with E-state index in [1.165, 1.54) is 5.69 Å². The lowest BCUT2D eigenvalue weighted by Crippen LogP contribution is -2.44. The Kier molecular flexibility index (Phi) is 9.40. The summed E-state index contributed by atoms with van der Waals surface area (Å²) in [7, 11) is 2.15. The number of halogens is 1. The molecule has 2 aliphatic heterocycles. The Balaban J connectivity index is 0.00000112. The standard InChI is InChI=1S/C26H30ClN7O2.CH2O2/c1-3-10-34-22-15-19(6-9-23(22)36-17-24(34)35)29-25-21(27)16-28-26(31-25)30-18-4-7-20(8-5-18)33-13-11-32(2)12-14-33;2-1-3/h4-9,15-16H,3,10-14,17H2,1-2H3,(H2,28,29,30,31);1H,(H,2,3). The molecule has 206 valence electrons. The number of amides is 1. The van der Waals surface area contributed by atoms with Gasteiger partial charge in [-0.15, -0.1) is 0 Å². The van der Waals surface area contributed by atoms with Gasteiger partial charge in [0.15, 0.2) is 12.4 Å². The third kappa shape index (κ3) is 7.06. The minimum absolute atomic E-state index is 0.0494. The number of anilines is 6. The van der Waals surface area contributed by atoms with Crippen LogP contribution in [0.4, 0.5) is 34.5 Å². The van der Waals surface area contributed by atoms with Gasteiger partial charge in [0.05, 0.1) is 11.9 Å². The van der Waals surface area contributed by atoms with Gasteiger partial charge in [-0.25, -0.2) is 4.98 Å². The second-order valence-electron chi connectivity index (χ2n) is 9.10. The molecule has 0 bridgehead atoms. The van der Waals surface area contributed by atoms with Crippen LogP contribution in [0.3, 0.4) is 0 Å². The van der Waals surface area contributed by atoms with E-state index in [0.717, 1.165) is 49.7 Å². The van der Waals surface area contributed by atoms with Crippen LogP contribution in [0.5, 0.6) is 5.75 Å². The minimum Gasteiger partial charge on any atom is -0.483 e. The molecule has 1 fully saturated rings. The zero-order chi connectivity index (χ0) is 27.8. The Labute approximate surface area is 232 Å². The van der Waals surface area contributed by atoms with Gasteiger partial charge >= 0.3 is 0 Å². The van der Waals surface area contributed by atoms with Crippen molar-refractivity contribution in [3.8, 4) is 5.75 Å². The van der Waals surface area contributed by atoms with Gasteiger partial charge in [-0.05, 0) is 55.9 Å². The Morgan fingerprint density at radius 2 is 1.77 bits per heavy atom. The summed E-state index contributed by atoms with van der Waals surface area (Å²) in [5.41, 5.74) is 3.58. The first kappa shape index (κ1) is 27.9. The number of nitrogens with one attached hydrogen (secondary N) is 2. The molecule has 0 aliphatic carbocycles. The van der Waals surface area contributed by atoms with Crippen molar-refractivity contribution in [2.75, 3.05) is 66.8 Å². The van der Waals surface area contributed by atoms with Gasteiger partial charge in [0.1, 0.15) is 10.8 Å². The van der Waals surface area contributed by atoms with E-state index >= 15 is 0 Å². The lowest BCUT2D eigenvalue weighted by Gasteiger charge is -2.34. The van der Waals surface area contributed by atoms with E-state index in [9.17, 15) is 4.79 Å². The van der Waals surface area contributed by atoms with Crippen molar-refractivity contribution in [2.45, 2.75) is 13.3 Å². The largest absolute Gasteiger partial charge is 0.483 e. The van der Waals surface area contributed by atoms with E-state index in [4.69, 9.17) is 26.2 Å². The van der Waals surface area contributed by atoms with E-state index in [2.05, 4.69) is 49.6 Å². The first-order valence-corrected chi connectivity index (χ1v) is 13.0. The second-order valence-corrected chi connectivity index (χ2v) is 9.51. The third-order valence-electron chi connectivity index (χ3n) is 6.35. The van der Waals surface area contributed by atoms with Crippen molar-refractivity contribution >= 4 is 58.5 Å².